The van der Waals surface area contributed by atoms with Crippen molar-refractivity contribution in [2.75, 3.05) is 7.05 Å². The lowest BCUT2D eigenvalue weighted by Crippen LogP contribution is -2.32. The van der Waals surface area contributed by atoms with E-state index in [1.165, 1.54) is 0 Å². The average molecular weight is 257 g/mol. The predicted molar refractivity (Wildman–Crippen MR) is 63.4 cm³/mol. The molecule has 98 valence electrons. The van der Waals surface area contributed by atoms with Crippen molar-refractivity contribution in [2.24, 2.45) is 0 Å². The molecule has 0 aliphatic heterocycles. The van der Waals surface area contributed by atoms with Crippen LogP contribution in [0.4, 0.5) is 13.2 Å². The highest BCUT2D eigenvalue weighted by Gasteiger charge is 2.31. The highest BCUT2D eigenvalue weighted by atomic mass is 19.4. The van der Waals surface area contributed by atoms with Crippen molar-refractivity contribution in [3.63, 3.8) is 0 Å². The molecule has 5 heteroatoms. The Labute approximate surface area is 103 Å². The van der Waals surface area contributed by atoms with E-state index in [1.54, 1.807) is 31.5 Å². The van der Waals surface area contributed by atoms with E-state index in [9.17, 15) is 13.2 Å². The van der Waals surface area contributed by atoms with Crippen molar-refractivity contribution in [1.29, 1.82) is 0 Å². The molecule has 0 saturated heterocycles. The second-order valence-corrected chi connectivity index (χ2v) is 4.30. The molecule has 2 aromatic rings. The summed E-state index contributed by atoms with van der Waals surface area (Å²) < 4.78 is 42.2. The van der Waals surface area contributed by atoms with Gasteiger partial charge in [0.15, 0.2) is 0 Å². The van der Waals surface area contributed by atoms with Crippen LogP contribution < -0.4 is 5.32 Å². The molecule has 2 nitrogen and oxygen atoms in total. The number of fused-ring (bicyclic) bond motifs is 1. The predicted octanol–water partition coefficient (Wildman–Crippen LogP) is 3.52. The zero-order valence-corrected chi connectivity index (χ0v) is 9.92. The highest BCUT2D eigenvalue weighted by Crippen LogP contribution is 2.24. The molecule has 0 aliphatic rings. The van der Waals surface area contributed by atoms with E-state index < -0.39 is 18.6 Å². The van der Waals surface area contributed by atoms with E-state index in [-0.39, 0.29) is 0 Å². The average Bonchev–Trinajstić information content (AvgIpc) is 2.73. The number of benzene rings is 1. The number of halogens is 3. The van der Waals surface area contributed by atoms with Crippen LogP contribution in [0.5, 0.6) is 0 Å². The number of hydrogen-bond acceptors (Lipinski definition) is 2. The van der Waals surface area contributed by atoms with Crippen LogP contribution >= 0.6 is 0 Å². The van der Waals surface area contributed by atoms with Gasteiger partial charge in [-0.15, -0.1) is 0 Å². The van der Waals surface area contributed by atoms with Crippen molar-refractivity contribution in [2.45, 2.75) is 25.1 Å². The molecule has 1 unspecified atom stereocenters. The smallest absolute Gasteiger partial charge is 0.390 e. The Morgan fingerprint density at radius 3 is 2.72 bits per heavy atom. The first-order valence-electron chi connectivity index (χ1n) is 5.68. The molecular weight excluding hydrogens is 243 g/mol. The van der Waals surface area contributed by atoms with Gasteiger partial charge in [-0.05, 0) is 37.2 Å². The lowest BCUT2D eigenvalue weighted by atomic mass is 10.0. The van der Waals surface area contributed by atoms with Gasteiger partial charge >= 0.3 is 6.18 Å². The number of furan rings is 1. The zero-order valence-electron chi connectivity index (χ0n) is 9.92. The van der Waals surface area contributed by atoms with Crippen LogP contribution in [0, 0.1) is 0 Å². The molecule has 2 rings (SSSR count). The van der Waals surface area contributed by atoms with E-state index in [0.29, 0.717) is 6.42 Å². The van der Waals surface area contributed by atoms with Crippen LogP contribution in [-0.2, 0) is 6.42 Å². The Balaban J connectivity index is 2.10. The normalized spacial score (nSPS) is 14.0. The summed E-state index contributed by atoms with van der Waals surface area (Å²) in [5.74, 6) is 0. The van der Waals surface area contributed by atoms with Gasteiger partial charge in [0.25, 0.3) is 0 Å². The second kappa shape index (κ2) is 5.02. The molecule has 0 radical (unpaired) electrons. The van der Waals surface area contributed by atoms with Crippen molar-refractivity contribution in [1.82, 2.24) is 5.32 Å². The third-order valence-corrected chi connectivity index (χ3v) is 2.89. The van der Waals surface area contributed by atoms with Gasteiger partial charge in [0, 0.05) is 11.4 Å². The first kappa shape index (κ1) is 13.0. The largest absolute Gasteiger partial charge is 0.464 e. The summed E-state index contributed by atoms with van der Waals surface area (Å²) in [6.45, 7) is 0. The molecule has 1 aromatic carbocycles. The summed E-state index contributed by atoms with van der Waals surface area (Å²) >= 11 is 0. The minimum absolute atomic E-state index is 0.344. The quantitative estimate of drug-likeness (QED) is 0.906. The minimum atomic E-state index is -4.15. The van der Waals surface area contributed by atoms with Crippen molar-refractivity contribution in [3.05, 3.63) is 36.1 Å². The summed E-state index contributed by atoms with van der Waals surface area (Å²) in [6.07, 6.45) is -3.06. The molecule has 1 N–H and O–H groups in total. The van der Waals surface area contributed by atoms with Crippen LogP contribution in [0.3, 0.4) is 0 Å². The maximum absolute atomic E-state index is 12.3. The summed E-state index contributed by atoms with van der Waals surface area (Å²) in [7, 11) is 1.55. The Morgan fingerprint density at radius 2 is 2.06 bits per heavy atom. The van der Waals surface area contributed by atoms with Crippen molar-refractivity contribution < 1.29 is 17.6 Å². The summed E-state index contributed by atoms with van der Waals surface area (Å²) in [5.41, 5.74) is 1.61. The number of likely N-dealkylation sites (N-methyl/N-ethyl adjacent to an activating group) is 1. The van der Waals surface area contributed by atoms with Crippen LogP contribution in [0.25, 0.3) is 11.0 Å². The molecule has 0 spiro atoms. The van der Waals surface area contributed by atoms with Crippen LogP contribution in [-0.4, -0.2) is 19.3 Å². The SMILES string of the molecule is CNC(Cc1ccc2occc2c1)CC(F)(F)F. The molecule has 1 heterocycles. The lowest BCUT2D eigenvalue weighted by molar-refractivity contribution is -0.139. The molecule has 18 heavy (non-hydrogen) atoms. The van der Waals surface area contributed by atoms with E-state index in [4.69, 9.17) is 4.42 Å². The van der Waals surface area contributed by atoms with Crippen LogP contribution in [0.2, 0.25) is 0 Å². The zero-order chi connectivity index (χ0) is 13.2. The van der Waals surface area contributed by atoms with Gasteiger partial charge in [-0.1, -0.05) is 6.07 Å². The third kappa shape index (κ3) is 3.26. The van der Waals surface area contributed by atoms with Gasteiger partial charge in [0.05, 0.1) is 12.7 Å². The minimum Gasteiger partial charge on any atom is -0.464 e. The molecule has 0 amide bonds. The van der Waals surface area contributed by atoms with E-state index in [2.05, 4.69) is 5.32 Å². The number of alkyl halides is 3. The molecule has 0 bridgehead atoms. The van der Waals surface area contributed by atoms with Crippen LogP contribution in [0.1, 0.15) is 12.0 Å². The van der Waals surface area contributed by atoms with E-state index >= 15 is 0 Å². The maximum Gasteiger partial charge on any atom is 0.390 e. The molecule has 1 aromatic heterocycles. The Bertz CT molecular complexity index is 518. The molecule has 0 saturated carbocycles. The van der Waals surface area contributed by atoms with Gasteiger partial charge in [-0.2, -0.15) is 13.2 Å². The van der Waals surface area contributed by atoms with Gasteiger partial charge in [0.1, 0.15) is 5.58 Å². The fourth-order valence-corrected chi connectivity index (χ4v) is 1.98. The first-order chi connectivity index (χ1) is 8.48. The number of nitrogens with one attached hydrogen (secondary N) is 1. The maximum atomic E-state index is 12.3. The Kier molecular flexibility index (Phi) is 3.61. The fraction of sp³-hybridized carbons (Fsp3) is 0.385. The first-order valence-corrected chi connectivity index (χ1v) is 5.68. The van der Waals surface area contributed by atoms with Crippen molar-refractivity contribution in [3.8, 4) is 0 Å². The molecular formula is C13H14F3NO. The van der Waals surface area contributed by atoms with Gasteiger partial charge in [-0.25, -0.2) is 0 Å². The fourth-order valence-electron chi connectivity index (χ4n) is 1.98. The topological polar surface area (TPSA) is 25.2 Å². The molecule has 0 fully saturated rings. The lowest BCUT2D eigenvalue weighted by Gasteiger charge is -2.18. The molecule has 1 atom stereocenters. The van der Waals surface area contributed by atoms with Gasteiger partial charge in [0.2, 0.25) is 0 Å². The Morgan fingerprint density at radius 1 is 1.28 bits per heavy atom. The highest BCUT2D eigenvalue weighted by molar-refractivity contribution is 5.77. The second-order valence-electron chi connectivity index (χ2n) is 4.30. The third-order valence-electron chi connectivity index (χ3n) is 2.89. The monoisotopic (exact) mass is 257 g/mol. The van der Waals surface area contributed by atoms with Gasteiger partial charge < -0.3 is 9.73 Å². The summed E-state index contributed by atoms with van der Waals surface area (Å²) in [4.78, 5) is 0. The van der Waals surface area contributed by atoms with Crippen molar-refractivity contribution >= 4 is 11.0 Å². The standard InChI is InChI=1S/C13H14F3NO/c1-17-11(8-13(14,15)16)7-9-2-3-12-10(6-9)4-5-18-12/h2-6,11,17H,7-8H2,1H3. The number of rotatable bonds is 4. The summed E-state index contributed by atoms with van der Waals surface area (Å²) in [5, 5.41) is 3.62. The van der Waals surface area contributed by atoms with E-state index in [0.717, 1.165) is 16.5 Å². The Hall–Kier alpha value is -1.49. The van der Waals surface area contributed by atoms with Crippen LogP contribution in [0.15, 0.2) is 34.9 Å². The summed E-state index contributed by atoms with van der Waals surface area (Å²) in [6, 6.07) is 6.64. The number of hydrogen-bond donors (Lipinski definition) is 1. The molecule has 0 aliphatic carbocycles. The van der Waals surface area contributed by atoms with E-state index in [1.807, 2.05) is 6.07 Å². The van der Waals surface area contributed by atoms with Gasteiger partial charge in [-0.3, -0.25) is 0 Å².